The maximum atomic E-state index is 13.2. The van der Waals surface area contributed by atoms with E-state index in [-0.39, 0.29) is 18.5 Å². The zero-order chi connectivity index (χ0) is 10.4. The predicted molar refractivity (Wildman–Crippen MR) is 55.8 cm³/mol. The number of rotatable bonds is 5. The third-order valence-corrected chi connectivity index (χ3v) is 2.07. The summed E-state index contributed by atoms with van der Waals surface area (Å²) in [4.78, 5) is 0. The van der Waals surface area contributed by atoms with E-state index in [2.05, 4.69) is 5.32 Å². The topological polar surface area (TPSA) is 32.3 Å². The number of aliphatic hydroxyl groups excluding tert-OH is 1. The zero-order valence-electron chi connectivity index (χ0n) is 8.33. The molecule has 0 aliphatic rings. The van der Waals surface area contributed by atoms with Gasteiger partial charge in [0.25, 0.3) is 0 Å². The molecular formula is C11H16FNO. The predicted octanol–water partition coefficient (Wildman–Crippen LogP) is 2.40. The van der Waals surface area contributed by atoms with Crippen LogP contribution >= 0.6 is 0 Å². The van der Waals surface area contributed by atoms with Gasteiger partial charge in [-0.05, 0) is 31.9 Å². The first-order valence-corrected chi connectivity index (χ1v) is 4.86. The van der Waals surface area contributed by atoms with Crippen molar-refractivity contribution in [1.82, 2.24) is 0 Å². The molecule has 3 heteroatoms. The Hall–Kier alpha value is -1.09. The lowest BCUT2D eigenvalue weighted by atomic mass is 10.2. The van der Waals surface area contributed by atoms with Gasteiger partial charge in [0, 0.05) is 12.6 Å². The van der Waals surface area contributed by atoms with E-state index in [0.717, 1.165) is 12.8 Å². The van der Waals surface area contributed by atoms with Crippen molar-refractivity contribution in [3.05, 3.63) is 30.1 Å². The normalized spacial score (nSPS) is 12.5. The molecule has 1 atom stereocenters. The molecule has 0 spiro atoms. The fourth-order valence-corrected chi connectivity index (χ4v) is 1.31. The highest BCUT2D eigenvalue weighted by atomic mass is 19.1. The average molecular weight is 197 g/mol. The number of para-hydroxylation sites is 1. The number of halogens is 1. The number of aliphatic hydroxyl groups is 1. The molecule has 2 nitrogen and oxygen atoms in total. The Balaban J connectivity index is 2.47. The van der Waals surface area contributed by atoms with Gasteiger partial charge < -0.3 is 10.4 Å². The van der Waals surface area contributed by atoms with Gasteiger partial charge in [-0.3, -0.25) is 0 Å². The monoisotopic (exact) mass is 197 g/mol. The molecule has 1 unspecified atom stereocenters. The van der Waals surface area contributed by atoms with Crippen molar-refractivity contribution in [2.45, 2.75) is 25.8 Å². The van der Waals surface area contributed by atoms with E-state index in [1.54, 1.807) is 18.2 Å². The quantitative estimate of drug-likeness (QED) is 0.759. The highest BCUT2D eigenvalue weighted by Crippen LogP contribution is 2.14. The van der Waals surface area contributed by atoms with Crippen LogP contribution in [0.2, 0.25) is 0 Å². The van der Waals surface area contributed by atoms with Crippen LogP contribution in [-0.4, -0.2) is 17.8 Å². The summed E-state index contributed by atoms with van der Waals surface area (Å²) in [6, 6.07) is 6.79. The van der Waals surface area contributed by atoms with Crippen LogP contribution in [-0.2, 0) is 0 Å². The van der Waals surface area contributed by atoms with Crippen molar-refractivity contribution in [2.75, 3.05) is 11.9 Å². The second-order valence-corrected chi connectivity index (χ2v) is 3.39. The molecule has 0 bridgehead atoms. The summed E-state index contributed by atoms with van der Waals surface area (Å²) in [6.45, 7) is 2.16. The largest absolute Gasteiger partial charge is 0.396 e. The van der Waals surface area contributed by atoms with Gasteiger partial charge in [-0.25, -0.2) is 4.39 Å². The van der Waals surface area contributed by atoms with Crippen LogP contribution in [0.15, 0.2) is 24.3 Å². The Morgan fingerprint density at radius 3 is 2.79 bits per heavy atom. The summed E-state index contributed by atoms with van der Waals surface area (Å²) in [7, 11) is 0. The molecule has 1 aromatic carbocycles. The molecule has 0 aromatic heterocycles. The molecule has 78 valence electrons. The summed E-state index contributed by atoms with van der Waals surface area (Å²) in [5.41, 5.74) is 0.526. The minimum absolute atomic E-state index is 0.180. The first-order chi connectivity index (χ1) is 6.74. The second-order valence-electron chi connectivity index (χ2n) is 3.39. The Labute approximate surface area is 83.8 Å². The molecular weight excluding hydrogens is 181 g/mol. The van der Waals surface area contributed by atoms with Crippen molar-refractivity contribution < 1.29 is 9.50 Å². The number of nitrogens with one attached hydrogen (secondary N) is 1. The zero-order valence-corrected chi connectivity index (χ0v) is 8.33. The van der Waals surface area contributed by atoms with E-state index in [4.69, 9.17) is 5.11 Å². The van der Waals surface area contributed by atoms with Crippen LogP contribution in [0.25, 0.3) is 0 Å². The lowest BCUT2D eigenvalue weighted by Gasteiger charge is -2.14. The van der Waals surface area contributed by atoms with E-state index < -0.39 is 0 Å². The molecule has 0 radical (unpaired) electrons. The van der Waals surface area contributed by atoms with Crippen molar-refractivity contribution in [2.24, 2.45) is 0 Å². The van der Waals surface area contributed by atoms with Gasteiger partial charge in [0.15, 0.2) is 0 Å². The first kappa shape index (κ1) is 11.0. The smallest absolute Gasteiger partial charge is 0.146 e. The van der Waals surface area contributed by atoms with Crippen LogP contribution in [0.1, 0.15) is 19.8 Å². The summed E-state index contributed by atoms with van der Waals surface area (Å²) < 4.78 is 13.2. The number of hydrogen-bond donors (Lipinski definition) is 2. The van der Waals surface area contributed by atoms with Crippen LogP contribution in [0, 0.1) is 5.82 Å². The molecule has 0 aliphatic heterocycles. The number of benzene rings is 1. The van der Waals surface area contributed by atoms with Crippen LogP contribution in [0.3, 0.4) is 0 Å². The standard InChI is InChI=1S/C11H16FNO/c1-9(5-4-8-14)13-11-7-3-2-6-10(11)12/h2-3,6-7,9,13-14H,4-5,8H2,1H3. The summed E-state index contributed by atoms with van der Waals surface area (Å²) in [5.74, 6) is -0.233. The van der Waals surface area contributed by atoms with E-state index in [1.165, 1.54) is 6.07 Å². The molecule has 1 aromatic rings. The van der Waals surface area contributed by atoms with Crippen LogP contribution < -0.4 is 5.32 Å². The Kier molecular flexibility index (Phi) is 4.40. The van der Waals surface area contributed by atoms with Crippen molar-refractivity contribution in [1.29, 1.82) is 0 Å². The lowest BCUT2D eigenvalue weighted by molar-refractivity contribution is 0.282. The van der Waals surface area contributed by atoms with Gasteiger partial charge in [-0.1, -0.05) is 12.1 Å². The van der Waals surface area contributed by atoms with Gasteiger partial charge >= 0.3 is 0 Å². The van der Waals surface area contributed by atoms with Gasteiger partial charge in [-0.2, -0.15) is 0 Å². The van der Waals surface area contributed by atoms with E-state index in [1.807, 2.05) is 6.92 Å². The van der Waals surface area contributed by atoms with Crippen LogP contribution in [0.5, 0.6) is 0 Å². The van der Waals surface area contributed by atoms with Gasteiger partial charge in [0.05, 0.1) is 5.69 Å². The molecule has 0 heterocycles. The lowest BCUT2D eigenvalue weighted by Crippen LogP contribution is -2.16. The van der Waals surface area contributed by atoms with Crippen molar-refractivity contribution in [3.63, 3.8) is 0 Å². The van der Waals surface area contributed by atoms with Crippen LogP contribution in [0.4, 0.5) is 10.1 Å². The fraction of sp³-hybridized carbons (Fsp3) is 0.455. The molecule has 0 aliphatic carbocycles. The fourth-order valence-electron chi connectivity index (χ4n) is 1.31. The van der Waals surface area contributed by atoms with Gasteiger partial charge in [-0.15, -0.1) is 0 Å². The third kappa shape index (κ3) is 3.34. The number of anilines is 1. The maximum Gasteiger partial charge on any atom is 0.146 e. The number of hydrogen-bond acceptors (Lipinski definition) is 2. The second kappa shape index (κ2) is 5.60. The Morgan fingerprint density at radius 1 is 1.43 bits per heavy atom. The van der Waals surface area contributed by atoms with Crippen molar-refractivity contribution >= 4 is 5.69 Å². The minimum atomic E-state index is -0.233. The van der Waals surface area contributed by atoms with Crippen molar-refractivity contribution in [3.8, 4) is 0 Å². The highest BCUT2D eigenvalue weighted by molar-refractivity contribution is 5.44. The molecule has 0 saturated carbocycles. The maximum absolute atomic E-state index is 13.2. The third-order valence-electron chi connectivity index (χ3n) is 2.07. The van der Waals surface area contributed by atoms with E-state index in [0.29, 0.717) is 5.69 Å². The molecule has 0 saturated heterocycles. The Morgan fingerprint density at radius 2 is 2.14 bits per heavy atom. The highest BCUT2D eigenvalue weighted by Gasteiger charge is 2.04. The van der Waals surface area contributed by atoms with Gasteiger partial charge in [0.2, 0.25) is 0 Å². The van der Waals surface area contributed by atoms with E-state index in [9.17, 15) is 4.39 Å². The summed E-state index contributed by atoms with van der Waals surface area (Å²) in [5, 5.41) is 11.7. The average Bonchev–Trinajstić information content (AvgIpc) is 2.18. The van der Waals surface area contributed by atoms with E-state index >= 15 is 0 Å². The Bertz CT molecular complexity index is 278. The first-order valence-electron chi connectivity index (χ1n) is 4.86. The molecule has 0 amide bonds. The summed E-state index contributed by atoms with van der Waals surface area (Å²) >= 11 is 0. The summed E-state index contributed by atoms with van der Waals surface area (Å²) in [6.07, 6.45) is 1.58. The molecule has 0 fully saturated rings. The molecule has 1 rings (SSSR count). The SMILES string of the molecule is CC(CCCO)Nc1ccccc1F. The molecule has 14 heavy (non-hydrogen) atoms. The van der Waals surface area contributed by atoms with Gasteiger partial charge in [0.1, 0.15) is 5.82 Å². The molecule has 2 N–H and O–H groups in total. The minimum Gasteiger partial charge on any atom is -0.396 e.